The first-order valence-corrected chi connectivity index (χ1v) is 9.61. The van der Waals surface area contributed by atoms with E-state index in [4.69, 9.17) is 4.74 Å². The lowest BCUT2D eigenvalue weighted by atomic mass is 9.46. The van der Waals surface area contributed by atoms with E-state index >= 15 is 4.39 Å². The molecule has 8 atom stereocenters. The normalized spacial score (nSPS) is 56.8. The van der Waals surface area contributed by atoms with Gasteiger partial charge in [-0.2, -0.15) is 0 Å². The van der Waals surface area contributed by atoms with Gasteiger partial charge in [0.1, 0.15) is 17.4 Å². The fourth-order valence-electron chi connectivity index (χ4n) is 7.22. The molecule has 0 amide bonds. The molecule has 5 heteroatoms. The molecule has 4 nitrogen and oxygen atoms in total. The molecular formula is C21H25FO4. The second-order valence-electron chi connectivity index (χ2n) is 9.43. The van der Waals surface area contributed by atoms with Crippen molar-refractivity contribution in [3.63, 3.8) is 0 Å². The van der Waals surface area contributed by atoms with E-state index < -0.39 is 28.2 Å². The zero-order valence-electron chi connectivity index (χ0n) is 15.4. The number of Topliss-reactive ketones (excluding diaryl/α,β-unsaturated/α-hetero) is 1. The Balaban J connectivity index is 1.63. The Morgan fingerprint density at radius 1 is 1.35 bits per heavy atom. The molecule has 2 unspecified atom stereocenters. The van der Waals surface area contributed by atoms with Crippen molar-refractivity contribution < 1.29 is 23.8 Å². The van der Waals surface area contributed by atoms with Crippen LogP contribution in [-0.2, 0) is 14.3 Å². The number of rotatable bonds is 1. The quantitative estimate of drug-likeness (QED) is 0.730. The number of ether oxygens (including phenoxy) is 1. The maximum atomic E-state index is 15.2. The first-order chi connectivity index (χ1) is 12.1. The van der Waals surface area contributed by atoms with E-state index in [1.54, 1.807) is 0 Å². The minimum absolute atomic E-state index is 0.0396. The summed E-state index contributed by atoms with van der Waals surface area (Å²) in [6, 6.07) is 0. The fourth-order valence-corrected chi connectivity index (χ4v) is 7.22. The molecule has 26 heavy (non-hydrogen) atoms. The van der Waals surface area contributed by atoms with E-state index in [9.17, 15) is 14.7 Å². The summed E-state index contributed by atoms with van der Waals surface area (Å²) in [7, 11) is 0. The molecule has 0 aromatic rings. The van der Waals surface area contributed by atoms with Crippen molar-refractivity contribution in [3.8, 4) is 0 Å². The average molecular weight is 360 g/mol. The van der Waals surface area contributed by atoms with E-state index in [1.807, 2.05) is 19.9 Å². The molecule has 1 N–H and O–H groups in total. The van der Waals surface area contributed by atoms with Crippen LogP contribution in [0, 0.1) is 22.7 Å². The van der Waals surface area contributed by atoms with Gasteiger partial charge in [0.25, 0.3) is 0 Å². The van der Waals surface area contributed by atoms with Crippen LogP contribution >= 0.6 is 0 Å². The lowest BCUT2D eigenvalue weighted by Crippen LogP contribution is -2.62. The van der Waals surface area contributed by atoms with Crippen molar-refractivity contribution in [2.75, 3.05) is 0 Å². The zero-order chi connectivity index (χ0) is 18.7. The van der Waals surface area contributed by atoms with E-state index in [2.05, 4.69) is 0 Å². The zero-order valence-corrected chi connectivity index (χ0v) is 15.4. The molecule has 5 aliphatic rings. The topological polar surface area (TPSA) is 66.9 Å². The summed E-state index contributed by atoms with van der Waals surface area (Å²) in [6.45, 7) is 5.42. The smallest absolute Gasteiger partial charge is 0.178 e. The molecule has 1 spiro atoms. The van der Waals surface area contributed by atoms with Crippen molar-refractivity contribution in [1.29, 1.82) is 0 Å². The second-order valence-corrected chi connectivity index (χ2v) is 9.43. The number of allylic oxidation sites excluding steroid dienone is 2. The Kier molecular flexibility index (Phi) is 2.95. The van der Waals surface area contributed by atoms with Crippen molar-refractivity contribution in [3.05, 3.63) is 23.8 Å². The summed E-state index contributed by atoms with van der Waals surface area (Å²) in [5.41, 5.74) is -2.54. The van der Waals surface area contributed by atoms with Crippen LogP contribution in [0.15, 0.2) is 23.8 Å². The number of halogens is 1. The molecule has 1 saturated heterocycles. The number of hydrogen-bond acceptors (Lipinski definition) is 4. The summed E-state index contributed by atoms with van der Waals surface area (Å²) in [5.74, 6) is -0.384. The largest absolute Gasteiger partial charge is 0.382 e. The summed E-state index contributed by atoms with van der Waals surface area (Å²) in [5, 5.41) is 11.2. The first-order valence-electron chi connectivity index (χ1n) is 9.61. The summed E-state index contributed by atoms with van der Waals surface area (Å²) in [4.78, 5) is 24.1. The van der Waals surface area contributed by atoms with Crippen molar-refractivity contribution >= 4 is 11.6 Å². The number of epoxide rings is 1. The predicted octanol–water partition coefficient (Wildman–Crippen LogP) is 2.69. The van der Waals surface area contributed by atoms with Gasteiger partial charge in [0.05, 0.1) is 6.10 Å². The lowest BCUT2D eigenvalue weighted by Gasteiger charge is -2.56. The van der Waals surface area contributed by atoms with Gasteiger partial charge in [0.15, 0.2) is 11.6 Å². The maximum absolute atomic E-state index is 15.2. The summed E-state index contributed by atoms with van der Waals surface area (Å²) in [6.07, 6.45) is 5.55. The number of fused-ring (bicyclic) bond motifs is 3. The van der Waals surface area contributed by atoms with Gasteiger partial charge in [-0.3, -0.25) is 9.59 Å². The Hall–Kier alpha value is -1.33. The van der Waals surface area contributed by atoms with Gasteiger partial charge in [0, 0.05) is 10.8 Å². The van der Waals surface area contributed by atoms with Crippen molar-refractivity contribution in [1.82, 2.24) is 0 Å². The molecule has 1 heterocycles. The molecule has 140 valence electrons. The van der Waals surface area contributed by atoms with Crippen LogP contribution in [0.5, 0.6) is 0 Å². The molecule has 0 bridgehead atoms. The molecule has 0 aromatic heterocycles. The number of carbonyl (C=O) groups excluding carboxylic acids is 2. The highest BCUT2D eigenvalue weighted by molar-refractivity contribution is 6.01. The number of carbonyl (C=O) groups is 2. The molecular weight excluding hydrogens is 335 g/mol. The van der Waals surface area contributed by atoms with Gasteiger partial charge in [-0.25, -0.2) is 4.39 Å². The number of alkyl halides is 1. The van der Waals surface area contributed by atoms with Gasteiger partial charge in [0.2, 0.25) is 0 Å². The minimum Gasteiger partial charge on any atom is -0.382 e. The Bertz CT molecular complexity index is 802. The molecule has 3 saturated carbocycles. The monoisotopic (exact) mass is 360 g/mol. The third-order valence-electron chi connectivity index (χ3n) is 8.66. The third-order valence-corrected chi connectivity index (χ3v) is 8.66. The van der Waals surface area contributed by atoms with Crippen LogP contribution in [0.3, 0.4) is 0 Å². The Morgan fingerprint density at radius 2 is 2.08 bits per heavy atom. The molecule has 4 aliphatic carbocycles. The van der Waals surface area contributed by atoms with Crippen LogP contribution in [0.4, 0.5) is 4.39 Å². The highest BCUT2D eigenvalue weighted by Crippen LogP contribution is 2.76. The lowest BCUT2D eigenvalue weighted by molar-refractivity contribution is -0.155. The fraction of sp³-hybridized carbons (Fsp3) is 0.714. The van der Waals surface area contributed by atoms with Crippen molar-refractivity contribution in [2.24, 2.45) is 22.7 Å². The molecule has 1 aliphatic heterocycles. The van der Waals surface area contributed by atoms with Gasteiger partial charge in [-0.15, -0.1) is 0 Å². The van der Waals surface area contributed by atoms with Crippen LogP contribution in [0.2, 0.25) is 0 Å². The number of ketones is 2. The van der Waals surface area contributed by atoms with Crippen LogP contribution in [0.1, 0.15) is 46.5 Å². The van der Waals surface area contributed by atoms with E-state index in [0.29, 0.717) is 31.3 Å². The van der Waals surface area contributed by atoms with Crippen LogP contribution in [-0.4, -0.2) is 40.2 Å². The van der Waals surface area contributed by atoms with E-state index in [-0.39, 0.29) is 29.5 Å². The molecule has 0 aromatic carbocycles. The second kappa shape index (κ2) is 4.56. The average Bonchev–Trinajstić information content (AvgIpc) is 3.23. The third kappa shape index (κ3) is 1.56. The number of aliphatic hydroxyl groups is 1. The van der Waals surface area contributed by atoms with Crippen LogP contribution in [0.25, 0.3) is 0 Å². The van der Waals surface area contributed by atoms with E-state index in [0.717, 1.165) is 0 Å². The molecule has 4 fully saturated rings. The van der Waals surface area contributed by atoms with Gasteiger partial charge >= 0.3 is 0 Å². The van der Waals surface area contributed by atoms with Gasteiger partial charge in [-0.05, 0) is 69.1 Å². The highest BCUT2D eigenvalue weighted by Gasteiger charge is 2.81. The SMILES string of the molecule is CC(=O)[C@@]1(O)CCC2C3C[C@H](F)C4=CC(=O)C=C[C@]4(C)[C@@]34O[C@@H]4C[C@@]21C. The predicted molar refractivity (Wildman–Crippen MR) is 92.0 cm³/mol. The standard InChI is InChI=1S/C21H25FO4/c1-11(23)20(25)7-5-13-14-9-16(22)15-8-12(24)4-6-18(15,2)21(14)17(26-21)10-19(13,20)3/h4,6,8,13-14,16-17,25H,5,7,9-10H2,1-3H3/t13?,14?,16-,17+,18-,19-,20-,21+/m0/s1. The maximum Gasteiger partial charge on any atom is 0.178 e. The molecule has 5 rings (SSSR count). The summed E-state index contributed by atoms with van der Waals surface area (Å²) >= 11 is 0. The summed E-state index contributed by atoms with van der Waals surface area (Å²) < 4.78 is 21.5. The van der Waals surface area contributed by atoms with Gasteiger partial charge in [-0.1, -0.05) is 13.0 Å². The Morgan fingerprint density at radius 3 is 2.77 bits per heavy atom. The van der Waals surface area contributed by atoms with Gasteiger partial charge < -0.3 is 9.84 Å². The highest BCUT2D eigenvalue weighted by atomic mass is 19.1. The first kappa shape index (κ1) is 16.8. The van der Waals surface area contributed by atoms with E-state index in [1.165, 1.54) is 19.1 Å². The molecule has 0 radical (unpaired) electrons. The minimum atomic E-state index is -1.35. The number of hydrogen-bond donors (Lipinski definition) is 1. The Labute approximate surface area is 152 Å². The van der Waals surface area contributed by atoms with Crippen molar-refractivity contribution in [2.45, 2.75) is 69.9 Å². The van der Waals surface area contributed by atoms with Crippen LogP contribution < -0.4 is 0 Å².